The predicted octanol–water partition coefficient (Wildman–Crippen LogP) is 1.13. The number of hydrogen-bond donors (Lipinski definition) is 1. The summed E-state index contributed by atoms with van der Waals surface area (Å²) >= 11 is 0. The van der Waals surface area contributed by atoms with Crippen molar-refractivity contribution < 1.29 is 14.0 Å². The van der Waals surface area contributed by atoms with E-state index in [1.807, 2.05) is 15.5 Å². The van der Waals surface area contributed by atoms with E-state index in [0.29, 0.717) is 36.9 Å². The second-order valence-electron chi connectivity index (χ2n) is 7.20. The van der Waals surface area contributed by atoms with Crippen molar-refractivity contribution in [3.8, 4) is 0 Å². The zero-order chi connectivity index (χ0) is 18.8. The molecule has 0 aliphatic carbocycles. The van der Waals surface area contributed by atoms with E-state index in [2.05, 4.69) is 22.2 Å². The van der Waals surface area contributed by atoms with Gasteiger partial charge < -0.3 is 24.1 Å². The molecule has 1 fully saturated rings. The standard InChI is InChI=1S/C19H25N5O3/c1-22-8-10-23(11-9-22)19(26)17-21-16(15-6-2-3-7-24(15)17)18(25)20-13-14-5-4-12-27-14/h4-5,12H,2-3,6-11,13H2,1H3,(H,20,25). The van der Waals surface area contributed by atoms with Gasteiger partial charge in [0, 0.05) is 32.7 Å². The number of imidazole rings is 1. The molecule has 0 spiro atoms. The van der Waals surface area contributed by atoms with Crippen molar-refractivity contribution in [2.24, 2.45) is 0 Å². The van der Waals surface area contributed by atoms with Crippen molar-refractivity contribution in [3.63, 3.8) is 0 Å². The molecule has 0 unspecified atom stereocenters. The number of carbonyl (C=O) groups is 2. The molecule has 2 amide bonds. The van der Waals surface area contributed by atoms with Gasteiger partial charge in [-0.2, -0.15) is 0 Å². The number of rotatable bonds is 4. The minimum absolute atomic E-state index is 0.0728. The summed E-state index contributed by atoms with van der Waals surface area (Å²) in [5, 5.41) is 2.85. The van der Waals surface area contributed by atoms with Gasteiger partial charge in [-0.25, -0.2) is 4.98 Å². The van der Waals surface area contributed by atoms with Gasteiger partial charge in [-0.05, 0) is 38.4 Å². The molecule has 2 aliphatic heterocycles. The predicted molar refractivity (Wildman–Crippen MR) is 98.4 cm³/mol. The highest BCUT2D eigenvalue weighted by Crippen LogP contribution is 2.22. The number of piperazine rings is 1. The van der Waals surface area contributed by atoms with Crippen molar-refractivity contribution in [1.82, 2.24) is 24.7 Å². The highest BCUT2D eigenvalue weighted by atomic mass is 16.3. The average molecular weight is 371 g/mol. The first-order valence-electron chi connectivity index (χ1n) is 9.51. The summed E-state index contributed by atoms with van der Waals surface area (Å²) < 4.78 is 7.21. The summed E-state index contributed by atoms with van der Waals surface area (Å²) in [4.78, 5) is 34.3. The average Bonchev–Trinajstić information content (AvgIpc) is 3.34. The molecule has 144 valence electrons. The van der Waals surface area contributed by atoms with Crippen molar-refractivity contribution in [2.75, 3.05) is 33.2 Å². The van der Waals surface area contributed by atoms with Crippen molar-refractivity contribution in [3.05, 3.63) is 41.4 Å². The fourth-order valence-electron chi connectivity index (χ4n) is 3.70. The van der Waals surface area contributed by atoms with E-state index in [0.717, 1.165) is 44.6 Å². The monoisotopic (exact) mass is 371 g/mol. The van der Waals surface area contributed by atoms with Crippen LogP contribution in [0, 0.1) is 0 Å². The van der Waals surface area contributed by atoms with Crippen LogP contribution in [0.25, 0.3) is 0 Å². The lowest BCUT2D eigenvalue weighted by atomic mass is 10.1. The first-order valence-corrected chi connectivity index (χ1v) is 9.51. The number of hydrogen-bond acceptors (Lipinski definition) is 5. The summed E-state index contributed by atoms with van der Waals surface area (Å²) in [6, 6.07) is 3.60. The highest BCUT2D eigenvalue weighted by Gasteiger charge is 2.30. The molecule has 0 saturated carbocycles. The van der Waals surface area contributed by atoms with Gasteiger partial charge in [0.25, 0.3) is 11.8 Å². The van der Waals surface area contributed by atoms with Crippen LogP contribution in [0.1, 0.15) is 45.4 Å². The number of carbonyl (C=O) groups excluding carboxylic acids is 2. The number of amides is 2. The molecule has 0 bridgehead atoms. The van der Waals surface area contributed by atoms with Crippen LogP contribution in [-0.2, 0) is 19.5 Å². The third-order valence-corrected chi connectivity index (χ3v) is 5.32. The van der Waals surface area contributed by atoms with Gasteiger partial charge in [0.2, 0.25) is 0 Å². The lowest BCUT2D eigenvalue weighted by molar-refractivity contribution is 0.0645. The second-order valence-corrected chi connectivity index (χ2v) is 7.20. The first-order chi connectivity index (χ1) is 13.1. The van der Waals surface area contributed by atoms with Crippen LogP contribution in [-0.4, -0.2) is 64.4 Å². The molecule has 4 rings (SSSR count). The Hall–Kier alpha value is -2.61. The minimum atomic E-state index is -0.255. The highest BCUT2D eigenvalue weighted by molar-refractivity contribution is 5.97. The van der Waals surface area contributed by atoms with Crippen LogP contribution in [0.5, 0.6) is 0 Å². The van der Waals surface area contributed by atoms with E-state index in [1.54, 1.807) is 12.3 Å². The summed E-state index contributed by atoms with van der Waals surface area (Å²) in [5.41, 5.74) is 1.24. The fourth-order valence-corrected chi connectivity index (χ4v) is 3.70. The van der Waals surface area contributed by atoms with Crippen LogP contribution in [0.4, 0.5) is 0 Å². The Kier molecular flexibility index (Phi) is 4.98. The van der Waals surface area contributed by atoms with Crippen molar-refractivity contribution in [1.29, 1.82) is 0 Å². The molecule has 0 atom stereocenters. The number of fused-ring (bicyclic) bond motifs is 1. The third-order valence-electron chi connectivity index (χ3n) is 5.32. The van der Waals surface area contributed by atoms with Gasteiger partial charge in [-0.1, -0.05) is 0 Å². The molecule has 2 aliphatic rings. The van der Waals surface area contributed by atoms with Gasteiger partial charge in [0.15, 0.2) is 5.82 Å². The summed E-state index contributed by atoms with van der Waals surface area (Å²) in [6.07, 6.45) is 4.35. The third kappa shape index (κ3) is 3.62. The van der Waals surface area contributed by atoms with Crippen LogP contribution >= 0.6 is 0 Å². The van der Waals surface area contributed by atoms with Gasteiger partial charge in [0.1, 0.15) is 11.5 Å². The summed E-state index contributed by atoms with van der Waals surface area (Å²) in [5.74, 6) is 0.758. The van der Waals surface area contributed by atoms with E-state index in [9.17, 15) is 9.59 Å². The SMILES string of the molecule is CN1CCN(C(=O)c2nc(C(=O)NCc3ccco3)c3n2CCCC3)CC1. The second kappa shape index (κ2) is 7.56. The molecule has 2 aromatic heterocycles. The molecule has 4 heterocycles. The van der Waals surface area contributed by atoms with Crippen LogP contribution in [0.15, 0.2) is 22.8 Å². The number of nitrogens with one attached hydrogen (secondary N) is 1. The normalized spacial score (nSPS) is 17.6. The topological polar surface area (TPSA) is 83.6 Å². The Morgan fingerprint density at radius 3 is 2.74 bits per heavy atom. The maximum atomic E-state index is 13.0. The Morgan fingerprint density at radius 2 is 2.00 bits per heavy atom. The van der Waals surface area contributed by atoms with Gasteiger partial charge in [-0.15, -0.1) is 0 Å². The van der Waals surface area contributed by atoms with E-state index in [4.69, 9.17) is 4.42 Å². The van der Waals surface area contributed by atoms with Crippen molar-refractivity contribution >= 4 is 11.8 Å². The molecule has 0 radical (unpaired) electrons. The Balaban J connectivity index is 1.55. The molecular weight excluding hydrogens is 346 g/mol. The van der Waals surface area contributed by atoms with Gasteiger partial charge >= 0.3 is 0 Å². The fraction of sp³-hybridized carbons (Fsp3) is 0.526. The number of furan rings is 1. The number of likely N-dealkylation sites (N-methyl/N-ethyl adjacent to an activating group) is 1. The van der Waals surface area contributed by atoms with Gasteiger partial charge in [-0.3, -0.25) is 9.59 Å². The first kappa shape index (κ1) is 17.8. The smallest absolute Gasteiger partial charge is 0.289 e. The Bertz CT molecular complexity index is 819. The molecule has 2 aromatic rings. The number of nitrogens with zero attached hydrogens (tertiary/aromatic N) is 4. The molecular formula is C19H25N5O3. The molecule has 8 heteroatoms. The Morgan fingerprint density at radius 1 is 1.19 bits per heavy atom. The van der Waals surface area contributed by atoms with E-state index in [-0.39, 0.29) is 11.8 Å². The van der Waals surface area contributed by atoms with Crippen LogP contribution in [0.3, 0.4) is 0 Å². The van der Waals surface area contributed by atoms with Crippen LogP contribution in [0.2, 0.25) is 0 Å². The lowest BCUT2D eigenvalue weighted by Gasteiger charge is -2.32. The Labute approximate surface area is 158 Å². The molecule has 27 heavy (non-hydrogen) atoms. The quantitative estimate of drug-likeness (QED) is 0.871. The van der Waals surface area contributed by atoms with Gasteiger partial charge in [0.05, 0.1) is 18.5 Å². The molecule has 1 saturated heterocycles. The zero-order valence-corrected chi connectivity index (χ0v) is 15.6. The maximum Gasteiger partial charge on any atom is 0.289 e. The summed E-state index contributed by atoms with van der Waals surface area (Å²) in [7, 11) is 2.06. The summed E-state index contributed by atoms with van der Waals surface area (Å²) in [6.45, 7) is 4.14. The van der Waals surface area contributed by atoms with E-state index >= 15 is 0 Å². The molecule has 0 aromatic carbocycles. The molecule has 8 nitrogen and oxygen atoms in total. The largest absolute Gasteiger partial charge is 0.467 e. The van der Waals surface area contributed by atoms with Crippen LogP contribution < -0.4 is 5.32 Å². The maximum absolute atomic E-state index is 13.0. The van der Waals surface area contributed by atoms with E-state index in [1.165, 1.54) is 0 Å². The minimum Gasteiger partial charge on any atom is -0.467 e. The zero-order valence-electron chi connectivity index (χ0n) is 15.6. The molecule has 1 N–H and O–H groups in total. The lowest BCUT2D eigenvalue weighted by Crippen LogP contribution is -2.47. The van der Waals surface area contributed by atoms with Crippen molar-refractivity contribution in [2.45, 2.75) is 32.4 Å². The number of aromatic nitrogens is 2. The van der Waals surface area contributed by atoms with E-state index < -0.39 is 0 Å².